The van der Waals surface area contributed by atoms with Gasteiger partial charge in [-0.15, -0.1) is 0 Å². The number of phenols is 1. The smallest absolute Gasteiger partial charge is 0.417 e. The maximum Gasteiger partial charge on any atom is 0.417 e. The zero-order valence-electron chi connectivity index (χ0n) is 28.5. The van der Waals surface area contributed by atoms with Crippen LogP contribution in [0, 0.1) is 30.6 Å². The molecule has 0 radical (unpaired) electrons. The molecule has 0 bridgehead atoms. The Labute approximate surface area is 313 Å². The molecule has 3 aliphatic carbocycles. The number of imide groups is 2. The van der Waals surface area contributed by atoms with Crippen LogP contribution in [0.3, 0.4) is 0 Å². The summed E-state index contributed by atoms with van der Waals surface area (Å²) in [5.41, 5.74) is 2.20. The number of halogens is 5. The Morgan fingerprint density at radius 2 is 1.64 bits per heavy atom. The van der Waals surface area contributed by atoms with Gasteiger partial charge in [-0.1, -0.05) is 78.4 Å². The van der Waals surface area contributed by atoms with Crippen LogP contribution in [0.4, 0.5) is 19.0 Å². The largest absolute Gasteiger partial charge is 0.508 e. The average molecular weight is 768 g/mol. The third kappa shape index (κ3) is 5.46. The number of pyridine rings is 1. The number of aromatic hydroxyl groups is 1. The summed E-state index contributed by atoms with van der Waals surface area (Å²) < 4.78 is 40.4. The fraction of sp³-hybridized carbons (Fsp3) is 0.410. The zero-order valence-corrected chi connectivity index (χ0v) is 30.0. The van der Waals surface area contributed by atoms with Crippen molar-refractivity contribution in [2.75, 3.05) is 5.43 Å². The van der Waals surface area contributed by atoms with Crippen molar-refractivity contribution in [3.63, 3.8) is 0 Å². The van der Waals surface area contributed by atoms with Crippen LogP contribution in [-0.2, 0) is 30.8 Å². The molecular weight excluding hydrogens is 732 g/mol. The molecule has 3 heterocycles. The van der Waals surface area contributed by atoms with Crippen LogP contribution in [0.25, 0.3) is 0 Å². The summed E-state index contributed by atoms with van der Waals surface area (Å²) in [5.74, 6) is -6.08. The standard InChI is InChI=1S/C39H35Cl2F3N4O5/c1-19-15-20(7-14-30(19)49)32-25-12-13-26-31(36(52)47(34(26)50)24-5-3-2-4-6-24)27(25)17-28-35(51)48(37(53)38(28,32)21-8-10-23(40)11-9-21)46-33-29(41)16-22(18-45-33)39(42,43)44/h7-12,14-16,18,24,26-28,31-32,49H,2-6,13,17H2,1H3,(H,45,46). The van der Waals surface area contributed by atoms with Gasteiger partial charge in [-0.05, 0) is 79.5 Å². The molecule has 2 saturated carbocycles. The van der Waals surface area contributed by atoms with Crippen molar-refractivity contribution in [3.8, 4) is 5.75 Å². The van der Waals surface area contributed by atoms with E-state index in [9.17, 15) is 32.7 Å². The van der Waals surface area contributed by atoms with Crippen molar-refractivity contribution >= 4 is 52.6 Å². The summed E-state index contributed by atoms with van der Waals surface area (Å²) in [6.45, 7) is 1.71. The third-order valence-electron chi connectivity index (χ3n) is 12.1. The van der Waals surface area contributed by atoms with E-state index in [2.05, 4.69) is 10.4 Å². The zero-order chi connectivity index (χ0) is 37.6. The lowest BCUT2D eigenvalue weighted by Crippen LogP contribution is -2.53. The maximum atomic E-state index is 15.3. The number of carbonyl (C=O) groups excluding carboxylic acids is 4. The highest BCUT2D eigenvalue weighted by Gasteiger charge is 2.70. The molecule has 5 aliphatic rings. The lowest BCUT2D eigenvalue weighted by atomic mass is 9.49. The molecule has 6 unspecified atom stereocenters. The van der Waals surface area contributed by atoms with Crippen LogP contribution < -0.4 is 5.43 Å². The quantitative estimate of drug-likeness (QED) is 0.202. The first-order chi connectivity index (χ1) is 25.2. The van der Waals surface area contributed by atoms with Crippen LogP contribution in [0.5, 0.6) is 5.75 Å². The van der Waals surface area contributed by atoms with Gasteiger partial charge in [-0.2, -0.15) is 18.2 Å². The number of hydrazine groups is 1. The van der Waals surface area contributed by atoms with Crippen molar-refractivity contribution in [1.29, 1.82) is 0 Å². The fourth-order valence-corrected chi connectivity index (χ4v) is 10.1. The topological polar surface area (TPSA) is 120 Å². The van der Waals surface area contributed by atoms with Crippen molar-refractivity contribution in [2.45, 2.75) is 75.4 Å². The molecule has 4 amide bonds. The van der Waals surface area contributed by atoms with Gasteiger partial charge in [-0.3, -0.25) is 29.5 Å². The number of fused-ring (bicyclic) bond motifs is 4. The summed E-state index contributed by atoms with van der Waals surface area (Å²) in [6.07, 6.45) is 2.47. The summed E-state index contributed by atoms with van der Waals surface area (Å²) >= 11 is 12.6. The summed E-state index contributed by atoms with van der Waals surface area (Å²) in [6, 6.07) is 12.0. The summed E-state index contributed by atoms with van der Waals surface area (Å²) in [5, 5.41) is 11.3. The van der Waals surface area contributed by atoms with Gasteiger partial charge in [0.05, 0.1) is 33.8 Å². The second kappa shape index (κ2) is 12.9. The van der Waals surface area contributed by atoms with Crippen molar-refractivity contribution in [1.82, 2.24) is 14.9 Å². The van der Waals surface area contributed by atoms with Gasteiger partial charge in [0.2, 0.25) is 11.8 Å². The highest BCUT2D eigenvalue weighted by atomic mass is 35.5. The number of carbonyl (C=O) groups is 4. The number of nitrogens with one attached hydrogen (secondary N) is 1. The molecule has 2 aliphatic heterocycles. The SMILES string of the molecule is Cc1cc(C2C3=CCC4C(=O)N(C5CCCCC5)C(=O)C4C3CC3C(=O)N(Nc4ncc(C(F)(F)F)cc4Cl)C(=O)C32c2ccc(Cl)cc2)ccc1O. The second-order valence-electron chi connectivity index (χ2n) is 14.8. The van der Waals surface area contributed by atoms with Crippen LogP contribution in [0.15, 0.2) is 66.4 Å². The number of anilines is 1. The normalized spacial score (nSPS) is 28.9. The van der Waals surface area contributed by atoms with Gasteiger partial charge in [-0.25, -0.2) is 4.98 Å². The van der Waals surface area contributed by atoms with Crippen LogP contribution in [0.2, 0.25) is 10.0 Å². The first kappa shape index (κ1) is 35.6. The van der Waals surface area contributed by atoms with E-state index >= 15 is 4.79 Å². The number of rotatable bonds is 5. The van der Waals surface area contributed by atoms with Gasteiger partial charge < -0.3 is 5.11 Å². The number of hydrogen-bond acceptors (Lipinski definition) is 7. The van der Waals surface area contributed by atoms with E-state index in [1.807, 2.05) is 6.08 Å². The molecule has 4 fully saturated rings. The molecule has 1 aromatic heterocycles. The Hall–Kier alpha value is -4.42. The number of aromatic nitrogens is 1. The number of aryl methyl sites for hydroxylation is 1. The van der Waals surface area contributed by atoms with Gasteiger partial charge in [0.15, 0.2) is 5.82 Å². The molecule has 2 aromatic carbocycles. The molecule has 2 saturated heterocycles. The molecule has 9 nitrogen and oxygen atoms in total. The minimum absolute atomic E-state index is 0.0238. The molecule has 0 spiro atoms. The molecule has 2 N–H and O–H groups in total. The van der Waals surface area contributed by atoms with Crippen molar-refractivity contribution < 1.29 is 37.5 Å². The van der Waals surface area contributed by atoms with E-state index in [0.29, 0.717) is 34.0 Å². The van der Waals surface area contributed by atoms with E-state index < -0.39 is 63.6 Å². The number of alkyl halides is 3. The number of hydrogen-bond donors (Lipinski definition) is 2. The number of benzene rings is 2. The second-order valence-corrected chi connectivity index (χ2v) is 15.6. The number of allylic oxidation sites excluding steroid dienone is 2. The molecule has 3 aromatic rings. The van der Waals surface area contributed by atoms with Gasteiger partial charge in [0.25, 0.3) is 11.8 Å². The monoisotopic (exact) mass is 766 g/mol. The van der Waals surface area contributed by atoms with Gasteiger partial charge in [0, 0.05) is 23.2 Å². The Morgan fingerprint density at radius 1 is 0.925 bits per heavy atom. The molecule has 14 heteroatoms. The summed E-state index contributed by atoms with van der Waals surface area (Å²) in [4.78, 5) is 63.8. The third-order valence-corrected chi connectivity index (χ3v) is 12.6. The van der Waals surface area contributed by atoms with Crippen molar-refractivity contribution in [2.24, 2.45) is 23.7 Å². The molecular formula is C39H35Cl2F3N4O5. The molecule has 53 heavy (non-hydrogen) atoms. The lowest BCUT2D eigenvalue weighted by molar-refractivity contribution is -0.144. The van der Waals surface area contributed by atoms with Gasteiger partial charge >= 0.3 is 6.18 Å². The van der Waals surface area contributed by atoms with Crippen molar-refractivity contribution in [3.05, 3.63) is 98.7 Å². The molecule has 6 atom stereocenters. The van der Waals surface area contributed by atoms with E-state index in [1.165, 1.54) is 11.0 Å². The fourth-order valence-electron chi connectivity index (χ4n) is 9.74. The number of nitrogens with zero attached hydrogens (tertiary/aromatic N) is 3. The minimum atomic E-state index is -4.73. The Balaban J connectivity index is 1.30. The van der Waals surface area contributed by atoms with Crippen LogP contribution in [-0.4, -0.2) is 49.7 Å². The highest BCUT2D eigenvalue weighted by Crippen LogP contribution is 2.64. The van der Waals surface area contributed by atoms with E-state index in [1.54, 1.807) is 43.3 Å². The predicted molar refractivity (Wildman–Crippen MR) is 188 cm³/mol. The Kier molecular flexibility index (Phi) is 8.64. The van der Waals surface area contributed by atoms with E-state index in [0.717, 1.165) is 42.7 Å². The van der Waals surface area contributed by atoms with Crippen LogP contribution >= 0.6 is 23.2 Å². The van der Waals surface area contributed by atoms with E-state index in [4.69, 9.17) is 23.2 Å². The number of phenolic OH excluding ortho intramolecular Hbond substituents is 1. The Morgan fingerprint density at radius 3 is 2.30 bits per heavy atom. The molecule has 8 rings (SSSR count). The Bertz CT molecular complexity index is 2090. The van der Waals surface area contributed by atoms with Gasteiger partial charge in [0.1, 0.15) is 5.75 Å². The summed E-state index contributed by atoms with van der Waals surface area (Å²) in [7, 11) is 0. The lowest BCUT2D eigenvalue weighted by Gasteiger charge is -2.50. The predicted octanol–water partition coefficient (Wildman–Crippen LogP) is 7.74. The molecule has 276 valence electrons. The number of amides is 4. The average Bonchev–Trinajstić information content (AvgIpc) is 3.51. The minimum Gasteiger partial charge on any atom is -0.508 e. The maximum absolute atomic E-state index is 15.3. The van der Waals surface area contributed by atoms with Crippen LogP contribution in [0.1, 0.15) is 73.1 Å². The van der Waals surface area contributed by atoms with E-state index in [-0.39, 0.29) is 42.3 Å². The first-order valence-corrected chi connectivity index (χ1v) is 18.5. The number of likely N-dealkylation sites (tertiary alicyclic amines) is 1. The first-order valence-electron chi connectivity index (χ1n) is 17.7. The highest BCUT2D eigenvalue weighted by molar-refractivity contribution is 6.33.